The van der Waals surface area contributed by atoms with Crippen LogP contribution in [0.5, 0.6) is 0 Å². The van der Waals surface area contributed by atoms with Gasteiger partial charge in [0.05, 0.1) is 18.4 Å². The maximum Gasteiger partial charge on any atom is 0.339 e. The number of esters is 1. The summed E-state index contributed by atoms with van der Waals surface area (Å²) in [7, 11) is 1.38. The number of carbonyl (C=O) groups excluding carboxylic acids is 1. The Balaban J connectivity index is 2.14. The molecule has 1 aliphatic carbocycles. The van der Waals surface area contributed by atoms with E-state index in [2.05, 4.69) is 24.1 Å². The molecule has 4 heteroatoms. The van der Waals surface area contributed by atoms with E-state index in [9.17, 15) is 4.79 Å². The molecule has 0 radical (unpaired) electrons. The standard InChI is InChI=1S/C15H22N2O2/c1-10-11(14(18)19-4)7-8-13(16-10)17-12-6-5-9-15(12,2)3/h7-8,12H,5-6,9H2,1-4H3,(H,16,17). The van der Waals surface area contributed by atoms with Crippen molar-refractivity contribution in [3.8, 4) is 0 Å². The number of rotatable bonds is 3. The van der Waals surface area contributed by atoms with Gasteiger partial charge in [0.25, 0.3) is 0 Å². The molecule has 1 fully saturated rings. The van der Waals surface area contributed by atoms with Gasteiger partial charge in [-0.1, -0.05) is 20.3 Å². The van der Waals surface area contributed by atoms with Gasteiger partial charge in [0.2, 0.25) is 0 Å². The minimum atomic E-state index is -0.335. The molecule has 0 amide bonds. The van der Waals surface area contributed by atoms with Crippen LogP contribution < -0.4 is 5.32 Å². The lowest BCUT2D eigenvalue weighted by Gasteiger charge is -2.28. The molecular weight excluding hydrogens is 240 g/mol. The van der Waals surface area contributed by atoms with E-state index in [0.717, 1.165) is 5.82 Å². The number of nitrogens with one attached hydrogen (secondary N) is 1. The summed E-state index contributed by atoms with van der Waals surface area (Å²) in [6.07, 6.45) is 3.67. The van der Waals surface area contributed by atoms with Crippen molar-refractivity contribution in [1.82, 2.24) is 4.98 Å². The number of carbonyl (C=O) groups is 1. The van der Waals surface area contributed by atoms with Crippen LogP contribution >= 0.6 is 0 Å². The smallest absolute Gasteiger partial charge is 0.339 e. The number of ether oxygens (including phenoxy) is 1. The van der Waals surface area contributed by atoms with Crippen molar-refractivity contribution in [3.63, 3.8) is 0 Å². The fourth-order valence-electron chi connectivity index (χ4n) is 2.74. The summed E-state index contributed by atoms with van der Waals surface area (Å²) < 4.78 is 4.72. The SMILES string of the molecule is COC(=O)c1ccc(NC2CCCC2(C)C)nc1C. The maximum absolute atomic E-state index is 11.5. The van der Waals surface area contributed by atoms with Crippen molar-refractivity contribution in [2.45, 2.75) is 46.1 Å². The molecule has 0 aliphatic heterocycles. The second-order valence-electron chi connectivity index (χ2n) is 5.90. The highest BCUT2D eigenvalue weighted by molar-refractivity contribution is 5.90. The molecule has 0 spiro atoms. The molecular formula is C15H22N2O2. The highest BCUT2D eigenvalue weighted by Gasteiger charge is 2.34. The Bertz CT molecular complexity index is 483. The van der Waals surface area contributed by atoms with Crippen molar-refractivity contribution in [2.75, 3.05) is 12.4 Å². The lowest BCUT2D eigenvalue weighted by molar-refractivity contribution is 0.0599. The first-order valence-corrected chi connectivity index (χ1v) is 6.76. The zero-order valence-electron chi connectivity index (χ0n) is 12.1. The topological polar surface area (TPSA) is 51.2 Å². The van der Waals surface area contributed by atoms with Gasteiger partial charge in [0.15, 0.2) is 0 Å². The molecule has 0 bridgehead atoms. The van der Waals surface area contributed by atoms with Crippen LogP contribution in [0, 0.1) is 12.3 Å². The lowest BCUT2D eigenvalue weighted by atomic mass is 9.87. The van der Waals surface area contributed by atoms with Gasteiger partial charge in [-0.3, -0.25) is 0 Å². The highest BCUT2D eigenvalue weighted by Crippen LogP contribution is 2.38. The molecule has 1 N–H and O–H groups in total. The summed E-state index contributed by atoms with van der Waals surface area (Å²) in [4.78, 5) is 16.0. The lowest BCUT2D eigenvalue weighted by Crippen LogP contribution is -2.31. The maximum atomic E-state index is 11.5. The number of anilines is 1. The van der Waals surface area contributed by atoms with Gasteiger partial charge < -0.3 is 10.1 Å². The fourth-order valence-corrected chi connectivity index (χ4v) is 2.74. The van der Waals surface area contributed by atoms with Gasteiger partial charge in [-0.2, -0.15) is 0 Å². The first-order valence-electron chi connectivity index (χ1n) is 6.76. The van der Waals surface area contributed by atoms with Crippen molar-refractivity contribution < 1.29 is 9.53 Å². The van der Waals surface area contributed by atoms with E-state index in [1.807, 2.05) is 13.0 Å². The Morgan fingerprint density at radius 1 is 1.47 bits per heavy atom. The van der Waals surface area contributed by atoms with Crippen molar-refractivity contribution in [1.29, 1.82) is 0 Å². The van der Waals surface area contributed by atoms with E-state index >= 15 is 0 Å². The molecule has 2 rings (SSSR count). The van der Waals surface area contributed by atoms with E-state index in [4.69, 9.17) is 4.74 Å². The van der Waals surface area contributed by atoms with Gasteiger partial charge in [0, 0.05) is 6.04 Å². The van der Waals surface area contributed by atoms with E-state index in [-0.39, 0.29) is 5.97 Å². The van der Waals surface area contributed by atoms with Gasteiger partial charge >= 0.3 is 5.97 Å². The number of aromatic nitrogens is 1. The van der Waals surface area contributed by atoms with Crippen LogP contribution in [0.15, 0.2) is 12.1 Å². The molecule has 104 valence electrons. The molecule has 0 saturated heterocycles. The second-order valence-corrected chi connectivity index (χ2v) is 5.90. The van der Waals surface area contributed by atoms with Crippen LogP contribution in [-0.4, -0.2) is 24.1 Å². The number of methoxy groups -OCH3 is 1. The first kappa shape index (κ1) is 13.8. The van der Waals surface area contributed by atoms with Gasteiger partial charge in [-0.15, -0.1) is 0 Å². The third-order valence-corrected chi connectivity index (χ3v) is 4.07. The molecule has 4 nitrogen and oxygen atoms in total. The van der Waals surface area contributed by atoms with E-state index < -0.39 is 0 Å². The molecule has 1 atom stereocenters. The van der Waals surface area contributed by atoms with E-state index in [1.165, 1.54) is 26.4 Å². The largest absolute Gasteiger partial charge is 0.465 e. The summed E-state index contributed by atoms with van der Waals surface area (Å²) in [6, 6.07) is 4.08. The quantitative estimate of drug-likeness (QED) is 0.850. The fraction of sp³-hybridized carbons (Fsp3) is 0.600. The molecule has 1 heterocycles. The van der Waals surface area contributed by atoms with Crippen molar-refractivity contribution >= 4 is 11.8 Å². The Hall–Kier alpha value is -1.58. The Labute approximate surface area is 114 Å². The summed E-state index contributed by atoms with van der Waals surface area (Å²) in [6.45, 7) is 6.40. The van der Waals surface area contributed by atoms with Crippen molar-refractivity contribution in [3.05, 3.63) is 23.4 Å². The monoisotopic (exact) mass is 262 g/mol. The summed E-state index contributed by atoms with van der Waals surface area (Å²) >= 11 is 0. The van der Waals surface area contributed by atoms with Gasteiger partial charge in [-0.05, 0) is 37.3 Å². The van der Waals surface area contributed by atoms with Crippen LogP contribution in [0.1, 0.15) is 49.2 Å². The van der Waals surface area contributed by atoms with Gasteiger partial charge in [0.1, 0.15) is 5.82 Å². The Kier molecular flexibility index (Phi) is 3.78. The minimum Gasteiger partial charge on any atom is -0.465 e. The van der Waals surface area contributed by atoms with Crippen LogP contribution in [0.25, 0.3) is 0 Å². The zero-order chi connectivity index (χ0) is 14.0. The number of nitrogens with zero attached hydrogens (tertiary/aromatic N) is 1. The van der Waals surface area contributed by atoms with Crippen molar-refractivity contribution in [2.24, 2.45) is 5.41 Å². The third kappa shape index (κ3) is 2.88. The van der Waals surface area contributed by atoms with E-state index in [1.54, 1.807) is 6.07 Å². The Morgan fingerprint density at radius 2 is 2.21 bits per heavy atom. The average molecular weight is 262 g/mol. The van der Waals surface area contributed by atoms with Crippen LogP contribution in [0.3, 0.4) is 0 Å². The minimum absolute atomic E-state index is 0.302. The van der Waals surface area contributed by atoms with Crippen LogP contribution in [0.2, 0.25) is 0 Å². The van der Waals surface area contributed by atoms with E-state index in [0.29, 0.717) is 22.7 Å². The first-order chi connectivity index (χ1) is 8.94. The third-order valence-electron chi connectivity index (χ3n) is 4.07. The van der Waals surface area contributed by atoms with Gasteiger partial charge in [-0.25, -0.2) is 9.78 Å². The summed E-state index contributed by atoms with van der Waals surface area (Å²) in [5.74, 6) is 0.503. The number of pyridine rings is 1. The number of hydrogen-bond acceptors (Lipinski definition) is 4. The number of aryl methyl sites for hydroxylation is 1. The number of hydrogen-bond donors (Lipinski definition) is 1. The summed E-state index contributed by atoms with van der Waals surface area (Å²) in [5.41, 5.74) is 1.53. The second kappa shape index (κ2) is 5.19. The molecule has 0 aromatic carbocycles. The van der Waals surface area contributed by atoms with Crippen LogP contribution in [-0.2, 0) is 4.74 Å². The molecule has 19 heavy (non-hydrogen) atoms. The molecule has 1 saturated carbocycles. The average Bonchev–Trinajstić information content (AvgIpc) is 2.68. The normalized spacial score (nSPS) is 21.2. The zero-order valence-corrected chi connectivity index (χ0v) is 12.1. The molecule has 1 aliphatic rings. The molecule has 1 unspecified atom stereocenters. The summed E-state index contributed by atoms with van der Waals surface area (Å²) in [5, 5.41) is 3.49. The van der Waals surface area contributed by atoms with Crippen LogP contribution in [0.4, 0.5) is 5.82 Å². The predicted molar refractivity (Wildman–Crippen MR) is 75.4 cm³/mol. The molecule has 1 aromatic heterocycles. The Morgan fingerprint density at radius 3 is 2.74 bits per heavy atom. The molecule has 1 aromatic rings. The predicted octanol–water partition coefficient (Wildman–Crippen LogP) is 3.17. The highest BCUT2D eigenvalue weighted by atomic mass is 16.5.